The van der Waals surface area contributed by atoms with Gasteiger partial charge in [0.25, 0.3) is 5.91 Å². The van der Waals surface area contributed by atoms with Crippen LogP contribution in [0.25, 0.3) is 0 Å². The molecular formula is C21H23F2N3O3. The molecule has 0 atom stereocenters. The molecule has 2 amide bonds. The second-order valence-corrected chi connectivity index (χ2v) is 6.68. The summed E-state index contributed by atoms with van der Waals surface area (Å²) in [7, 11) is 0. The van der Waals surface area contributed by atoms with Crippen molar-refractivity contribution in [2.75, 3.05) is 43.1 Å². The van der Waals surface area contributed by atoms with Crippen LogP contribution >= 0.6 is 0 Å². The molecular weight excluding hydrogens is 380 g/mol. The molecule has 1 aliphatic rings. The summed E-state index contributed by atoms with van der Waals surface area (Å²) in [5.74, 6) is -2.47. The van der Waals surface area contributed by atoms with Crippen LogP contribution in [0.2, 0.25) is 0 Å². The highest BCUT2D eigenvalue weighted by atomic mass is 19.1. The molecule has 0 bridgehead atoms. The van der Waals surface area contributed by atoms with Crippen molar-refractivity contribution in [2.24, 2.45) is 0 Å². The standard InChI is InChI=1S/C21H23F2N3O3/c22-15-3-8-18(19(23)14-15)21(28)24-9-1-2-20(27)25-16-4-6-17(7-5-16)26-10-12-29-13-11-26/h3-8,14H,1-2,9-13H2,(H,24,28)(H,25,27). The van der Waals surface area contributed by atoms with Gasteiger partial charge in [-0.05, 0) is 42.8 Å². The molecule has 2 N–H and O–H groups in total. The van der Waals surface area contributed by atoms with E-state index in [1.165, 1.54) is 0 Å². The number of halogens is 2. The van der Waals surface area contributed by atoms with Gasteiger partial charge in [0.1, 0.15) is 11.6 Å². The van der Waals surface area contributed by atoms with Gasteiger partial charge in [0.05, 0.1) is 18.8 Å². The van der Waals surface area contributed by atoms with Crippen molar-refractivity contribution in [3.05, 3.63) is 59.7 Å². The number of carbonyl (C=O) groups is 2. The predicted molar refractivity (Wildman–Crippen MR) is 106 cm³/mol. The summed E-state index contributed by atoms with van der Waals surface area (Å²) in [4.78, 5) is 26.2. The van der Waals surface area contributed by atoms with Crippen LogP contribution in [0.3, 0.4) is 0 Å². The Bertz CT molecular complexity index is 853. The van der Waals surface area contributed by atoms with Crippen LogP contribution < -0.4 is 15.5 Å². The maximum absolute atomic E-state index is 13.6. The van der Waals surface area contributed by atoms with Gasteiger partial charge < -0.3 is 20.3 Å². The average Bonchev–Trinajstić information content (AvgIpc) is 2.72. The summed E-state index contributed by atoms with van der Waals surface area (Å²) in [6, 6.07) is 10.4. The van der Waals surface area contributed by atoms with Crippen LogP contribution in [0.15, 0.2) is 42.5 Å². The molecule has 0 spiro atoms. The van der Waals surface area contributed by atoms with Crippen molar-refractivity contribution in [2.45, 2.75) is 12.8 Å². The fourth-order valence-corrected chi connectivity index (χ4v) is 3.02. The monoisotopic (exact) mass is 403 g/mol. The van der Waals surface area contributed by atoms with Crippen LogP contribution in [-0.2, 0) is 9.53 Å². The first kappa shape index (κ1) is 20.7. The maximum atomic E-state index is 13.6. The SMILES string of the molecule is O=C(CCCNC(=O)c1ccc(F)cc1F)Nc1ccc(N2CCOCC2)cc1. The molecule has 1 aliphatic heterocycles. The second kappa shape index (κ2) is 9.97. The van der Waals surface area contributed by atoms with E-state index >= 15 is 0 Å². The van der Waals surface area contributed by atoms with Crippen LogP contribution in [0.4, 0.5) is 20.2 Å². The first-order valence-electron chi connectivity index (χ1n) is 9.49. The van der Waals surface area contributed by atoms with Crippen molar-refractivity contribution < 1.29 is 23.1 Å². The third-order valence-corrected chi connectivity index (χ3v) is 4.57. The number of benzene rings is 2. The lowest BCUT2D eigenvalue weighted by atomic mass is 10.2. The Morgan fingerprint density at radius 1 is 1.03 bits per heavy atom. The first-order chi connectivity index (χ1) is 14.0. The Kier molecular flexibility index (Phi) is 7.13. The molecule has 2 aromatic carbocycles. The van der Waals surface area contributed by atoms with Crippen molar-refractivity contribution >= 4 is 23.2 Å². The Labute approximate surface area is 167 Å². The third-order valence-electron chi connectivity index (χ3n) is 4.57. The fraction of sp³-hybridized carbons (Fsp3) is 0.333. The van der Waals surface area contributed by atoms with E-state index in [1.54, 1.807) is 0 Å². The van der Waals surface area contributed by atoms with Crippen molar-refractivity contribution in [1.29, 1.82) is 0 Å². The number of amides is 2. The Morgan fingerprint density at radius 2 is 1.76 bits per heavy atom. The number of nitrogens with zero attached hydrogens (tertiary/aromatic N) is 1. The van der Waals surface area contributed by atoms with Crippen LogP contribution in [0.1, 0.15) is 23.2 Å². The molecule has 0 unspecified atom stereocenters. The van der Waals surface area contributed by atoms with Gasteiger partial charge in [0, 0.05) is 43.5 Å². The predicted octanol–water partition coefficient (Wildman–Crippen LogP) is 2.95. The molecule has 8 heteroatoms. The highest BCUT2D eigenvalue weighted by Crippen LogP contribution is 2.19. The lowest BCUT2D eigenvalue weighted by Crippen LogP contribution is -2.36. The third kappa shape index (κ3) is 5.99. The highest BCUT2D eigenvalue weighted by Gasteiger charge is 2.13. The van der Waals surface area contributed by atoms with E-state index in [2.05, 4.69) is 15.5 Å². The number of nitrogens with one attached hydrogen (secondary N) is 2. The normalized spacial score (nSPS) is 13.8. The number of carbonyl (C=O) groups excluding carboxylic acids is 2. The zero-order chi connectivity index (χ0) is 20.6. The summed E-state index contributed by atoms with van der Waals surface area (Å²) < 4.78 is 31.8. The molecule has 0 saturated carbocycles. The van der Waals surface area contributed by atoms with E-state index in [9.17, 15) is 18.4 Å². The van der Waals surface area contributed by atoms with Gasteiger partial charge in [-0.25, -0.2) is 8.78 Å². The van der Waals surface area contributed by atoms with Gasteiger partial charge in [0.2, 0.25) is 5.91 Å². The number of rotatable bonds is 7. The summed E-state index contributed by atoms with van der Waals surface area (Å²) in [5.41, 5.74) is 1.56. The van der Waals surface area contributed by atoms with E-state index < -0.39 is 17.5 Å². The van der Waals surface area contributed by atoms with Crippen LogP contribution in [0, 0.1) is 11.6 Å². The number of morpholine rings is 1. The molecule has 2 aromatic rings. The number of ether oxygens (including phenoxy) is 1. The molecule has 0 aromatic heterocycles. The van der Waals surface area contributed by atoms with Gasteiger partial charge in [-0.1, -0.05) is 0 Å². The van der Waals surface area contributed by atoms with E-state index in [-0.39, 0.29) is 24.4 Å². The minimum Gasteiger partial charge on any atom is -0.378 e. The summed E-state index contributed by atoms with van der Waals surface area (Å²) in [5, 5.41) is 5.34. The Hall–Kier alpha value is -3.00. The quantitative estimate of drug-likeness (QED) is 0.698. The average molecular weight is 403 g/mol. The second-order valence-electron chi connectivity index (χ2n) is 6.68. The molecule has 154 valence electrons. The van der Waals surface area contributed by atoms with E-state index in [0.29, 0.717) is 31.4 Å². The number of hydrogen-bond acceptors (Lipinski definition) is 4. The highest BCUT2D eigenvalue weighted by molar-refractivity contribution is 5.94. The van der Waals surface area contributed by atoms with Crippen molar-refractivity contribution in [3.8, 4) is 0 Å². The van der Waals surface area contributed by atoms with Gasteiger partial charge >= 0.3 is 0 Å². The lowest BCUT2D eigenvalue weighted by molar-refractivity contribution is -0.116. The Morgan fingerprint density at radius 3 is 2.45 bits per heavy atom. The van der Waals surface area contributed by atoms with Gasteiger partial charge in [-0.15, -0.1) is 0 Å². The number of anilines is 2. The van der Waals surface area contributed by atoms with Gasteiger partial charge in [0.15, 0.2) is 0 Å². The summed E-state index contributed by atoms with van der Waals surface area (Å²) in [6.07, 6.45) is 0.601. The molecule has 6 nitrogen and oxygen atoms in total. The summed E-state index contributed by atoms with van der Waals surface area (Å²) >= 11 is 0. The fourth-order valence-electron chi connectivity index (χ4n) is 3.02. The molecule has 1 fully saturated rings. The van der Waals surface area contributed by atoms with Crippen molar-refractivity contribution in [1.82, 2.24) is 5.32 Å². The number of hydrogen-bond donors (Lipinski definition) is 2. The molecule has 0 radical (unpaired) electrons. The molecule has 1 saturated heterocycles. The largest absolute Gasteiger partial charge is 0.378 e. The molecule has 1 heterocycles. The lowest BCUT2D eigenvalue weighted by Gasteiger charge is -2.28. The van der Waals surface area contributed by atoms with E-state index in [4.69, 9.17) is 4.74 Å². The van der Waals surface area contributed by atoms with Crippen LogP contribution in [0.5, 0.6) is 0 Å². The van der Waals surface area contributed by atoms with Crippen molar-refractivity contribution in [3.63, 3.8) is 0 Å². The first-order valence-corrected chi connectivity index (χ1v) is 9.49. The maximum Gasteiger partial charge on any atom is 0.254 e. The minimum absolute atomic E-state index is 0.175. The minimum atomic E-state index is -0.916. The van der Waals surface area contributed by atoms with E-state index in [1.807, 2.05) is 24.3 Å². The zero-order valence-electron chi connectivity index (χ0n) is 15.9. The molecule has 3 rings (SSSR count). The molecule has 29 heavy (non-hydrogen) atoms. The smallest absolute Gasteiger partial charge is 0.254 e. The van der Waals surface area contributed by atoms with Gasteiger partial charge in [-0.3, -0.25) is 9.59 Å². The Balaban J connectivity index is 1.39. The molecule has 0 aliphatic carbocycles. The van der Waals surface area contributed by atoms with E-state index in [0.717, 1.165) is 30.9 Å². The zero-order valence-corrected chi connectivity index (χ0v) is 15.9. The van der Waals surface area contributed by atoms with Gasteiger partial charge in [-0.2, -0.15) is 0 Å². The van der Waals surface area contributed by atoms with Crippen LogP contribution in [-0.4, -0.2) is 44.7 Å². The topological polar surface area (TPSA) is 70.7 Å². The summed E-state index contributed by atoms with van der Waals surface area (Å²) in [6.45, 7) is 3.32.